The van der Waals surface area contributed by atoms with Crippen LogP contribution in [0.2, 0.25) is 0 Å². The molecule has 1 heterocycles. The van der Waals surface area contributed by atoms with Gasteiger partial charge < -0.3 is 5.11 Å². The van der Waals surface area contributed by atoms with Crippen molar-refractivity contribution in [2.24, 2.45) is 0 Å². The van der Waals surface area contributed by atoms with E-state index in [9.17, 15) is 9.18 Å². The van der Waals surface area contributed by atoms with Gasteiger partial charge in [0.15, 0.2) is 0 Å². The number of thiazole rings is 1. The van der Waals surface area contributed by atoms with Crippen LogP contribution in [0.15, 0.2) is 24.3 Å². The summed E-state index contributed by atoms with van der Waals surface area (Å²) in [4.78, 5) is 15.7. The first-order chi connectivity index (χ1) is 8.61. The third-order valence-electron chi connectivity index (χ3n) is 2.45. The summed E-state index contributed by atoms with van der Waals surface area (Å²) in [7, 11) is 0. The SMILES string of the molecule is CCCc1nc(-c2cccc(F)c2)sc1C(=O)O. The number of halogens is 1. The number of nitrogens with zero attached hydrogens (tertiary/aromatic N) is 1. The topological polar surface area (TPSA) is 50.2 Å². The van der Waals surface area contributed by atoms with Gasteiger partial charge >= 0.3 is 5.97 Å². The van der Waals surface area contributed by atoms with E-state index >= 15 is 0 Å². The van der Waals surface area contributed by atoms with E-state index in [4.69, 9.17) is 5.11 Å². The van der Waals surface area contributed by atoms with Gasteiger partial charge in [0.25, 0.3) is 0 Å². The van der Waals surface area contributed by atoms with Crippen molar-refractivity contribution in [1.29, 1.82) is 0 Å². The molecule has 1 aromatic carbocycles. The molecule has 0 radical (unpaired) electrons. The second kappa shape index (κ2) is 5.27. The van der Waals surface area contributed by atoms with E-state index < -0.39 is 5.97 Å². The van der Waals surface area contributed by atoms with Crippen molar-refractivity contribution in [3.05, 3.63) is 40.7 Å². The highest BCUT2D eigenvalue weighted by Crippen LogP contribution is 2.29. The molecule has 0 fully saturated rings. The fourth-order valence-corrected chi connectivity index (χ4v) is 2.62. The van der Waals surface area contributed by atoms with Gasteiger partial charge in [-0.2, -0.15) is 0 Å². The Morgan fingerprint density at radius 2 is 2.28 bits per heavy atom. The minimum atomic E-state index is -0.974. The van der Waals surface area contributed by atoms with Crippen molar-refractivity contribution in [2.45, 2.75) is 19.8 Å². The maximum absolute atomic E-state index is 13.1. The number of hydrogen-bond acceptors (Lipinski definition) is 3. The molecule has 0 unspecified atom stereocenters. The van der Waals surface area contributed by atoms with Crippen LogP contribution >= 0.6 is 11.3 Å². The summed E-state index contributed by atoms with van der Waals surface area (Å²) in [5.41, 5.74) is 1.19. The van der Waals surface area contributed by atoms with Gasteiger partial charge in [0, 0.05) is 5.56 Å². The van der Waals surface area contributed by atoms with E-state index in [1.165, 1.54) is 12.1 Å². The predicted molar refractivity (Wildman–Crippen MR) is 68.5 cm³/mol. The molecular formula is C13H12FNO2S. The summed E-state index contributed by atoms with van der Waals surface area (Å²) in [5, 5.41) is 9.65. The first-order valence-electron chi connectivity index (χ1n) is 5.60. The van der Waals surface area contributed by atoms with Crippen LogP contribution in [0.3, 0.4) is 0 Å². The smallest absolute Gasteiger partial charge is 0.347 e. The van der Waals surface area contributed by atoms with Gasteiger partial charge in [-0.1, -0.05) is 25.5 Å². The molecule has 1 N–H and O–H groups in total. The van der Waals surface area contributed by atoms with Gasteiger partial charge in [-0.05, 0) is 18.6 Å². The van der Waals surface area contributed by atoms with Crippen LogP contribution in [0.4, 0.5) is 4.39 Å². The number of aromatic nitrogens is 1. The van der Waals surface area contributed by atoms with Crippen molar-refractivity contribution < 1.29 is 14.3 Å². The van der Waals surface area contributed by atoms with Crippen LogP contribution in [-0.2, 0) is 6.42 Å². The Kier molecular flexibility index (Phi) is 3.72. The first-order valence-corrected chi connectivity index (χ1v) is 6.42. The highest BCUT2D eigenvalue weighted by molar-refractivity contribution is 7.17. The standard InChI is InChI=1S/C13H12FNO2S/c1-2-4-10-11(13(16)17)18-12(15-10)8-5-3-6-9(14)7-8/h3,5-7H,2,4H2,1H3,(H,16,17). The highest BCUT2D eigenvalue weighted by Gasteiger charge is 2.17. The number of aromatic carboxylic acids is 1. The van der Waals surface area contributed by atoms with Gasteiger partial charge in [-0.15, -0.1) is 11.3 Å². The Morgan fingerprint density at radius 1 is 1.50 bits per heavy atom. The molecule has 0 amide bonds. The average Bonchev–Trinajstić information content (AvgIpc) is 2.74. The lowest BCUT2D eigenvalue weighted by molar-refractivity contribution is 0.0700. The van der Waals surface area contributed by atoms with E-state index in [-0.39, 0.29) is 10.7 Å². The van der Waals surface area contributed by atoms with Crippen LogP contribution < -0.4 is 0 Å². The van der Waals surface area contributed by atoms with Gasteiger partial charge in [-0.3, -0.25) is 0 Å². The second-order valence-electron chi connectivity index (χ2n) is 3.86. The molecule has 0 bridgehead atoms. The number of rotatable bonds is 4. The first kappa shape index (κ1) is 12.7. The summed E-state index contributed by atoms with van der Waals surface area (Å²) >= 11 is 1.09. The zero-order valence-electron chi connectivity index (χ0n) is 9.81. The minimum absolute atomic E-state index is 0.246. The van der Waals surface area contributed by atoms with E-state index in [0.29, 0.717) is 22.7 Å². The van der Waals surface area contributed by atoms with Crippen LogP contribution in [-0.4, -0.2) is 16.1 Å². The molecule has 2 rings (SSSR count). The lowest BCUT2D eigenvalue weighted by Crippen LogP contribution is -1.98. The third-order valence-corrected chi connectivity index (χ3v) is 3.58. The van der Waals surface area contributed by atoms with Gasteiger partial charge in [-0.25, -0.2) is 14.2 Å². The molecule has 1 aromatic heterocycles. The van der Waals surface area contributed by atoms with Crippen LogP contribution in [0, 0.1) is 5.82 Å². The Balaban J connectivity index is 2.46. The van der Waals surface area contributed by atoms with Crippen molar-refractivity contribution in [3.8, 4) is 10.6 Å². The Bertz CT molecular complexity index is 580. The van der Waals surface area contributed by atoms with Crippen LogP contribution in [0.1, 0.15) is 28.7 Å². The number of carbonyl (C=O) groups is 1. The fourth-order valence-electron chi connectivity index (χ4n) is 1.67. The Morgan fingerprint density at radius 3 is 2.89 bits per heavy atom. The molecule has 0 saturated carbocycles. The lowest BCUT2D eigenvalue weighted by Gasteiger charge is -1.95. The molecule has 0 aliphatic heterocycles. The summed E-state index contributed by atoms with van der Waals surface area (Å²) in [6.45, 7) is 1.97. The Labute approximate surface area is 108 Å². The second-order valence-corrected chi connectivity index (χ2v) is 4.86. The number of carboxylic acid groups (broad SMARTS) is 1. The molecule has 0 aliphatic rings. The molecule has 3 nitrogen and oxygen atoms in total. The average molecular weight is 265 g/mol. The zero-order valence-corrected chi connectivity index (χ0v) is 10.6. The monoisotopic (exact) mass is 265 g/mol. The molecule has 2 aromatic rings. The fraction of sp³-hybridized carbons (Fsp3) is 0.231. The predicted octanol–water partition coefficient (Wildman–Crippen LogP) is 3.60. The molecule has 5 heteroatoms. The van der Waals surface area contributed by atoms with Crippen LogP contribution in [0.5, 0.6) is 0 Å². The third kappa shape index (κ3) is 2.56. The summed E-state index contributed by atoms with van der Waals surface area (Å²) in [6, 6.07) is 6.03. The molecule has 0 saturated heterocycles. The van der Waals surface area contributed by atoms with E-state index in [2.05, 4.69) is 4.98 Å². The van der Waals surface area contributed by atoms with Gasteiger partial charge in [0.05, 0.1) is 5.69 Å². The molecule has 18 heavy (non-hydrogen) atoms. The Hall–Kier alpha value is -1.75. The van der Waals surface area contributed by atoms with Crippen molar-refractivity contribution in [2.75, 3.05) is 0 Å². The number of aryl methyl sites for hydroxylation is 1. The van der Waals surface area contributed by atoms with Crippen LogP contribution in [0.25, 0.3) is 10.6 Å². The van der Waals surface area contributed by atoms with E-state index in [0.717, 1.165) is 17.8 Å². The van der Waals surface area contributed by atoms with E-state index in [1.54, 1.807) is 12.1 Å². The summed E-state index contributed by atoms with van der Waals surface area (Å²) in [5.74, 6) is -1.32. The maximum atomic E-state index is 13.1. The number of carboxylic acids is 1. The zero-order chi connectivity index (χ0) is 13.1. The normalized spacial score (nSPS) is 10.6. The lowest BCUT2D eigenvalue weighted by atomic mass is 10.2. The van der Waals surface area contributed by atoms with Gasteiger partial charge in [0.1, 0.15) is 15.7 Å². The largest absolute Gasteiger partial charge is 0.477 e. The van der Waals surface area contributed by atoms with Crippen molar-refractivity contribution in [3.63, 3.8) is 0 Å². The summed E-state index contributed by atoms with van der Waals surface area (Å²) in [6.07, 6.45) is 1.44. The summed E-state index contributed by atoms with van der Waals surface area (Å²) < 4.78 is 13.1. The molecular weight excluding hydrogens is 253 g/mol. The molecule has 0 atom stereocenters. The number of hydrogen-bond donors (Lipinski definition) is 1. The number of benzene rings is 1. The highest BCUT2D eigenvalue weighted by atomic mass is 32.1. The molecule has 0 aliphatic carbocycles. The van der Waals surface area contributed by atoms with Gasteiger partial charge in [0.2, 0.25) is 0 Å². The molecule has 0 spiro atoms. The molecule has 94 valence electrons. The minimum Gasteiger partial charge on any atom is -0.477 e. The quantitative estimate of drug-likeness (QED) is 0.918. The maximum Gasteiger partial charge on any atom is 0.347 e. The van der Waals surface area contributed by atoms with E-state index in [1.807, 2.05) is 6.92 Å². The van der Waals surface area contributed by atoms with Crippen molar-refractivity contribution in [1.82, 2.24) is 4.98 Å². The van der Waals surface area contributed by atoms with Crippen molar-refractivity contribution >= 4 is 17.3 Å².